The number of nitrogens with zero attached hydrogens (tertiary/aromatic N) is 1. The molecule has 0 aromatic heterocycles. The molecule has 1 amide bonds. The zero-order valence-corrected chi connectivity index (χ0v) is 9.96. The molecule has 1 rings (SSSR count). The smallest absolute Gasteiger partial charge is 0.232 e. The molecule has 88 valence electrons. The maximum absolute atomic E-state index is 11.7. The zero-order valence-electron chi connectivity index (χ0n) is 9.15. The van der Waals surface area contributed by atoms with Gasteiger partial charge in [0.05, 0.1) is 25.0 Å². The van der Waals surface area contributed by atoms with Crippen LogP contribution >= 0.6 is 11.8 Å². The molecule has 0 spiro atoms. The summed E-state index contributed by atoms with van der Waals surface area (Å²) in [6.07, 6.45) is 1.95. The predicted molar refractivity (Wildman–Crippen MR) is 61.0 cm³/mol. The Morgan fingerprint density at radius 1 is 1.67 bits per heavy atom. The molecular weight excluding hydrogens is 214 g/mol. The van der Waals surface area contributed by atoms with Crippen LogP contribution in [0.25, 0.3) is 0 Å². The van der Waals surface area contributed by atoms with Crippen LogP contribution in [0, 0.1) is 0 Å². The first kappa shape index (κ1) is 12.8. The second kappa shape index (κ2) is 7.09. The van der Waals surface area contributed by atoms with Crippen molar-refractivity contribution in [3.63, 3.8) is 0 Å². The summed E-state index contributed by atoms with van der Waals surface area (Å²) in [7, 11) is 1.66. The number of likely N-dealkylation sites (tertiary alicyclic amines) is 1. The van der Waals surface area contributed by atoms with E-state index in [1.807, 2.05) is 0 Å². The van der Waals surface area contributed by atoms with Crippen molar-refractivity contribution in [2.24, 2.45) is 0 Å². The molecule has 0 saturated carbocycles. The average Bonchev–Trinajstić information content (AvgIpc) is 2.72. The number of hydrogen-bond acceptors (Lipinski definition) is 4. The Hall–Kier alpha value is -0.260. The van der Waals surface area contributed by atoms with Gasteiger partial charge in [0.2, 0.25) is 5.91 Å². The summed E-state index contributed by atoms with van der Waals surface area (Å²) in [5.74, 6) is 1.49. The number of thioether (sulfide) groups is 1. The maximum atomic E-state index is 11.7. The van der Waals surface area contributed by atoms with E-state index in [0.717, 1.165) is 25.1 Å². The van der Waals surface area contributed by atoms with Crippen LogP contribution in [0.1, 0.15) is 12.8 Å². The van der Waals surface area contributed by atoms with Crippen LogP contribution in [0.3, 0.4) is 0 Å². The summed E-state index contributed by atoms with van der Waals surface area (Å²) in [6, 6.07) is 0.0560. The lowest BCUT2D eigenvalue weighted by Gasteiger charge is -2.22. The van der Waals surface area contributed by atoms with Gasteiger partial charge in [-0.3, -0.25) is 4.79 Å². The van der Waals surface area contributed by atoms with Crippen LogP contribution in [0.2, 0.25) is 0 Å². The normalized spacial score (nSPS) is 20.9. The molecule has 5 heteroatoms. The van der Waals surface area contributed by atoms with Gasteiger partial charge in [-0.15, -0.1) is 11.8 Å². The Bertz CT molecular complexity index is 201. The highest BCUT2D eigenvalue weighted by Crippen LogP contribution is 2.17. The fourth-order valence-electron chi connectivity index (χ4n) is 1.74. The number of aliphatic hydroxyl groups excluding tert-OH is 1. The van der Waals surface area contributed by atoms with Crippen LogP contribution < -0.4 is 0 Å². The molecule has 4 nitrogen and oxygen atoms in total. The van der Waals surface area contributed by atoms with E-state index >= 15 is 0 Å². The van der Waals surface area contributed by atoms with Crippen molar-refractivity contribution in [3.8, 4) is 0 Å². The number of hydrogen-bond donors (Lipinski definition) is 1. The summed E-state index contributed by atoms with van der Waals surface area (Å²) in [6.45, 7) is 1.57. The first-order chi connectivity index (χ1) is 7.29. The van der Waals surface area contributed by atoms with Gasteiger partial charge < -0.3 is 14.7 Å². The number of ether oxygens (including phenoxy) is 1. The van der Waals surface area contributed by atoms with Crippen molar-refractivity contribution in [2.75, 3.05) is 38.4 Å². The van der Waals surface area contributed by atoms with E-state index in [-0.39, 0.29) is 18.6 Å². The highest BCUT2D eigenvalue weighted by atomic mass is 32.2. The SMILES string of the molecule is COCCSCC(=O)N1CCC[C@H]1CO. The van der Waals surface area contributed by atoms with Gasteiger partial charge in [-0.2, -0.15) is 0 Å². The molecule has 1 fully saturated rings. The van der Waals surface area contributed by atoms with Gasteiger partial charge in [0.25, 0.3) is 0 Å². The second-order valence-corrected chi connectivity index (χ2v) is 4.72. The summed E-state index contributed by atoms with van der Waals surface area (Å²) in [4.78, 5) is 13.5. The van der Waals surface area contributed by atoms with Crippen molar-refractivity contribution >= 4 is 17.7 Å². The molecule has 1 aliphatic rings. The van der Waals surface area contributed by atoms with Crippen LogP contribution in [0.5, 0.6) is 0 Å². The van der Waals surface area contributed by atoms with E-state index in [1.54, 1.807) is 23.8 Å². The summed E-state index contributed by atoms with van der Waals surface area (Å²) < 4.78 is 4.91. The van der Waals surface area contributed by atoms with Gasteiger partial charge in [0.1, 0.15) is 0 Å². The Kier molecular flexibility index (Phi) is 6.05. The highest BCUT2D eigenvalue weighted by molar-refractivity contribution is 7.99. The molecule has 1 atom stereocenters. The summed E-state index contributed by atoms with van der Waals surface area (Å²) in [5, 5.41) is 9.07. The van der Waals surface area contributed by atoms with Crippen LogP contribution in [0.15, 0.2) is 0 Å². The minimum absolute atomic E-state index is 0.0560. The topological polar surface area (TPSA) is 49.8 Å². The average molecular weight is 233 g/mol. The van der Waals surface area contributed by atoms with Gasteiger partial charge in [-0.1, -0.05) is 0 Å². The van der Waals surface area contributed by atoms with Gasteiger partial charge in [0.15, 0.2) is 0 Å². The van der Waals surface area contributed by atoms with E-state index in [9.17, 15) is 4.79 Å². The summed E-state index contributed by atoms with van der Waals surface area (Å²) in [5.41, 5.74) is 0. The molecule has 0 bridgehead atoms. The van der Waals surface area contributed by atoms with Gasteiger partial charge in [0, 0.05) is 19.4 Å². The fourth-order valence-corrected chi connectivity index (χ4v) is 2.51. The number of rotatable bonds is 6. The van der Waals surface area contributed by atoms with Crippen molar-refractivity contribution in [1.82, 2.24) is 4.90 Å². The Balaban J connectivity index is 2.21. The first-order valence-corrected chi connectivity index (χ1v) is 6.42. The molecule has 0 aromatic carbocycles. The molecule has 1 saturated heterocycles. The lowest BCUT2D eigenvalue weighted by atomic mass is 10.2. The molecule has 0 aliphatic carbocycles. The van der Waals surface area contributed by atoms with E-state index < -0.39 is 0 Å². The van der Waals surface area contributed by atoms with Gasteiger partial charge in [-0.05, 0) is 12.8 Å². The quantitative estimate of drug-likeness (QED) is 0.673. The summed E-state index contributed by atoms with van der Waals surface area (Å²) >= 11 is 1.59. The minimum atomic E-state index is 0.0560. The first-order valence-electron chi connectivity index (χ1n) is 5.26. The molecule has 1 aliphatic heterocycles. The number of methoxy groups -OCH3 is 1. The number of carbonyl (C=O) groups is 1. The molecule has 1 heterocycles. The third-order valence-corrected chi connectivity index (χ3v) is 3.47. The zero-order chi connectivity index (χ0) is 11.1. The van der Waals surface area contributed by atoms with Gasteiger partial charge >= 0.3 is 0 Å². The van der Waals surface area contributed by atoms with Crippen molar-refractivity contribution in [1.29, 1.82) is 0 Å². The molecule has 0 aromatic rings. The van der Waals surface area contributed by atoms with Gasteiger partial charge in [-0.25, -0.2) is 0 Å². The second-order valence-electron chi connectivity index (χ2n) is 3.61. The van der Waals surface area contributed by atoms with Crippen molar-refractivity contribution < 1.29 is 14.6 Å². The number of amides is 1. The van der Waals surface area contributed by atoms with Crippen molar-refractivity contribution in [2.45, 2.75) is 18.9 Å². The maximum Gasteiger partial charge on any atom is 0.232 e. The van der Waals surface area contributed by atoms with Crippen LogP contribution in [-0.2, 0) is 9.53 Å². The minimum Gasteiger partial charge on any atom is -0.394 e. The molecule has 15 heavy (non-hydrogen) atoms. The third kappa shape index (κ3) is 4.01. The molecular formula is C10H19NO3S. The largest absolute Gasteiger partial charge is 0.394 e. The standard InChI is InChI=1S/C10H19NO3S/c1-14-5-6-15-8-10(13)11-4-2-3-9(11)7-12/h9,12H,2-8H2,1H3/t9-/m0/s1. The monoisotopic (exact) mass is 233 g/mol. The fraction of sp³-hybridized carbons (Fsp3) is 0.900. The lowest BCUT2D eigenvalue weighted by molar-refractivity contribution is -0.129. The lowest BCUT2D eigenvalue weighted by Crippen LogP contribution is -2.38. The Labute approximate surface area is 95.0 Å². The number of carbonyl (C=O) groups excluding carboxylic acids is 1. The van der Waals surface area contributed by atoms with E-state index in [0.29, 0.717) is 12.4 Å². The third-order valence-electron chi connectivity index (χ3n) is 2.57. The Morgan fingerprint density at radius 3 is 3.13 bits per heavy atom. The Morgan fingerprint density at radius 2 is 2.47 bits per heavy atom. The molecule has 0 radical (unpaired) electrons. The molecule has 1 N–H and O–H groups in total. The predicted octanol–water partition coefficient (Wildman–Crippen LogP) is 0.349. The van der Waals surface area contributed by atoms with Crippen LogP contribution in [-0.4, -0.2) is 60.3 Å². The van der Waals surface area contributed by atoms with E-state index in [1.165, 1.54) is 0 Å². The van der Waals surface area contributed by atoms with Crippen LogP contribution in [0.4, 0.5) is 0 Å². The van der Waals surface area contributed by atoms with E-state index in [2.05, 4.69) is 0 Å². The van der Waals surface area contributed by atoms with E-state index in [4.69, 9.17) is 9.84 Å². The highest BCUT2D eigenvalue weighted by Gasteiger charge is 2.27. The number of aliphatic hydroxyl groups is 1. The van der Waals surface area contributed by atoms with Crippen molar-refractivity contribution in [3.05, 3.63) is 0 Å². The molecule has 0 unspecified atom stereocenters.